The third-order valence-corrected chi connectivity index (χ3v) is 4.07. The van der Waals surface area contributed by atoms with Gasteiger partial charge < -0.3 is 18.7 Å². The highest BCUT2D eigenvalue weighted by molar-refractivity contribution is 5.94. The van der Waals surface area contributed by atoms with Crippen LogP contribution in [0.4, 0.5) is 0 Å². The first-order valence-corrected chi connectivity index (χ1v) is 8.83. The van der Waals surface area contributed by atoms with Crippen molar-refractivity contribution in [3.8, 4) is 11.5 Å². The molecule has 0 spiro atoms. The molecular weight excluding hydrogens is 376 g/mol. The van der Waals surface area contributed by atoms with Gasteiger partial charge in [0.05, 0.1) is 12.7 Å². The smallest absolute Gasteiger partial charge is 0.338 e. The third-order valence-electron chi connectivity index (χ3n) is 4.07. The normalized spacial score (nSPS) is 10.4. The molecule has 3 rings (SSSR count). The lowest BCUT2D eigenvalue weighted by atomic mass is 10.1. The van der Waals surface area contributed by atoms with Gasteiger partial charge in [-0.05, 0) is 49.4 Å². The Morgan fingerprint density at radius 2 is 1.76 bits per heavy atom. The fraction of sp³-hybridized carbons (Fsp3) is 0.238. The number of esters is 1. The van der Waals surface area contributed by atoms with E-state index in [0.717, 1.165) is 0 Å². The minimum Gasteiger partial charge on any atom is -0.496 e. The molecule has 0 atom stereocenters. The Kier molecular flexibility index (Phi) is 6.23. The maximum Gasteiger partial charge on any atom is 0.338 e. The summed E-state index contributed by atoms with van der Waals surface area (Å²) in [7, 11) is 1.52. The number of ketones is 1. The van der Waals surface area contributed by atoms with Gasteiger partial charge in [0.2, 0.25) is 11.7 Å². The van der Waals surface area contributed by atoms with Crippen molar-refractivity contribution in [2.45, 2.75) is 27.1 Å². The number of hydrogen-bond donors (Lipinski definition) is 0. The molecule has 1 aromatic heterocycles. The van der Waals surface area contributed by atoms with Gasteiger partial charge in [0, 0.05) is 18.1 Å². The van der Waals surface area contributed by atoms with Crippen molar-refractivity contribution in [1.82, 2.24) is 10.1 Å². The van der Waals surface area contributed by atoms with Gasteiger partial charge in [-0.15, -0.1) is 0 Å². The second-order valence-electron chi connectivity index (χ2n) is 6.20. The van der Waals surface area contributed by atoms with Crippen LogP contribution in [0.25, 0.3) is 0 Å². The molecule has 0 bridgehead atoms. The fourth-order valence-corrected chi connectivity index (χ4v) is 2.57. The Labute approximate surface area is 167 Å². The molecule has 1 heterocycles. The fourth-order valence-electron chi connectivity index (χ4n) is 2.57. The second-order valence-corrected chi connectivity index (χ2v) is 6.20. The molecule has 0 aliphatic carbocycles. The van der Waals surface area contributed by atoms with E-state index in [0.29, 0.717) is 39.9 Å². The molecule has 0 radical (unpaired) electrons. The SMILES string of the molecule is COc1ccc(C(C)=O)cc1COC(=O)c1ccc(OCc2noc(C)n2)cc1. The Morgan fingerprint density at radius 3 is 2.38 bits per heavy atom. The zero-order chi connectivity index (χ0) is 20.8. The van der Waals surface area contributed by atoms with Crippen molar-refractivity contribution >= 4 is 11.8 Å². The number of ether oxygens (including phenoxy) is 3. The molecule has 0 unspecified atom stereocenters. The Balaban J connectivity index is 1.59. The molecule has 150 valence electrons. The number of nitrogens with zero attached hydrogens (tertiary/aromatic N) is 2. The predicted octanol–water partition coefficient (Wildman–Crippen LogP) is 3.53. The number of hydrogen-bond acceptors (Lipinski definition) is 8. The van der Waals surface area contributed by atoms with Gasteiger partial charge in [0.25, 0.3) is 0 Å². The van der Waals surface area contributed by atoms with E-state index in [4.69, 9.17) is 18.7 Å². The lowest BCUT2D eigenvalue weighted by molar-refractivity contribution is 0.0470. The molecule has 0 aliphatic heterocycles. The number of aromatic nitrogens is 2. The summed E-state index contributed by atoms with van der Waals surface area (Å²) in [6.45, 7) is 3.32. The Hall–Kier alpha value is -3.68. The molecule has 0 saturated carbocycles. The molecule has 3 aromatic rings. The number of Topliss-reactive ketones (excluding diaryl/α,β-unsaturated/α-hetero) is 1. The molecule has 0 N–H and O–H groups in total. The van der Waals surface area contributed by atoms with Gasteiger partial charge >= 0.3 is 5.97 Å². The van der Waals surface area contributed by atoms with Crippen LogP contribution in [-0.4, -0.2) is 29.0 Å². The van der Waals surface area contributed by atoms with Crippen molar-refractivity contribution in [3.63, 3.8) is 0 Å². The first kappa shape index (κ1) is 20.1. The molecule has 0 saturated heterocycles. The minimum absolute atomic E-state index is 0.0153. The van der Waals surface area contributed by atoms with E-state index in [1.165, 1.54) is 14.0 Å². The standard InChI is InChI=1S/C21H20N2O6/c1-13(24)16-6-9-19(26-3)17(10-16)11-28-21(25)15-4-7-18(8-5-15)27-12-20-22-14(2)29-23-20/h4-10H,11-12H2,1-3H3. The monoisotopic (exact) mass is 396 g/mol. The number of carbonyl (C=O) groups is 2. The average molecular weight is 396 g/mol. The van der Waals surface area contributed by atoms with E-state index in [2.05, 4.69) is 10.1 Å². The van der Waals surface area contributed by atoms with Gasteiger partial charge in [-0.1, -0.05) is 5.16 Å². The van der Waals surface area contributed by atoms with E-state index in [1.807, 2.05) is 0 Å². The summed E-state index contributed by atoms with van der Waals surface area (Å²) >= 11 is 0. The number of aryl methyl sites for hydroxylation is 1. The zero-order valence-corrected chi connectivity index (χ0v) is 16.3. The molecule has 0 aliphatic rings. The van der Waals surface area contributed by atoms with Crippen molar-refractivity contribution in [2.24, 2.45) is 0 Å². The molecule has 8 nitrogen and oxygen atoms in total. The van der Waals surface area contributed by atoms with E-state index >= 15 is 0 Å². The summed E-state index contributed by atoms with van der Waals surface area (Å²) in [6, 6.07) is 11.5. The maximum atomic E-state index is 12.3. The molecular formula is C21H20N2O6. The third kappa shape index (κ3) is 5.19. The van der Waals surface area contributed by atoms with Gasteiger partial charge in [0.1, 0.15) is 18.1 Å². The minimum atomic E-state index is -0.499. The lowest BCUT2D eigenvalue weighted by Crippen LogP contribution is -2.07. The topological polar surface area (TPSA) is 101 Å². The van der Waals surface area contributed by atoms with E-state index in [-0.39, 0.29) is 19.0 Å². The van der Waals surface area contributed by atoms with E-state index in [1.54, 1.807) is 49.4 Å². The van der Waals surface area contributed by atoms with Crippen LogP contribution in [0.1, 0.15) is 44.9 Å². The summed E-state index contributed by atoms with van der Waals surface area (Å²) in [6.07, 6.45) is 0. The van der Waals surface area contributed by atoms with E-state index in [9.17, 15) is 9.59 Å². The van der Waals surface area contributed by atoms with Gasteiger partial charge in [-0.3, -0.25) is 4.79 Å². The van der Waals surface area contributed by atoms with Crippen LogP contribution in [0.2, 0.25) is 0 Å². The van der Waals surface area contributed by atoms with Crippen LogP contribution in [0.3, 0.4) is 0 Å². The van der Waals surface area contributed by atoms with Gasteiger partial charge in [-0.25, -0.2) is 4.79 Å². The predicted molar refractivity (Wildman–Crippen MR) is 102 cm³/mol. The summed E-state index contributed by atoms with van der Waals surface area (Å²) in [5.41, 5.74) is 1.51. The Bertz CT molecular complexity index is 1010. The highest BCUT2D eigenvalue weighted by atomic mass is 16.5. The van der Waals surface area contributed by atoms with Crippen LogP contribution in [0.5, 0.6) is 11.5 Å². The van der Waals surface area contributed by atoms with E-state index < -0.39 is 5.97 Å². The lowest BCUT2D eigenvalue weighted by Gasteiger charge is -2.11. The average Bonchev–Trinajstić information content (AvgIpc) is 3.15. The largest absolute Gasteiger partial charge is 0.496 e. The quantitative estimate of drug-likeness (QED) is 0.421. The van der Waals surface area contributed by atoms with Crippen LogP contribution >= 0.6 is 0 Å². The maximum absolute atomic E-state index is 12.3. The van der Waals surface area contributed by atoms with Crippen LogP contribution in [-0.2, 0) is 18.0 Å². The van der Waals surface area contributed by atoms with Gasteiger partial charge in [-0.2, -0.15) is 4.98 Å². The molecule has 0 amide bonds. The number of methoxy groups -OCH3 is 1. The molecule has 8 heteroatoms. The number of benzene rings is 2. The first-order chi connectivity index (χ1) is 14.0. The molecule has 2 aromatic carbocycles. The number of rotatable bonds is 8. The zero-order valence-electron chi connectivity index (χ0n) is 16.3. The van der Waals surface area contributed by atoms with Crippen molar-refractivity contribution in [1.29, 1.82) is 0 Å². The summed E-state index contributed by atoms with van der Waals surface area (Å²) < 4.78 is 21.0. The molecule has 29 heavy (non-hydrogen) atoms. The van der Waals surface area contributed by atoms with Crippen LogP contribution in [0, 0.1) is 6.92 Å². The molecule has 0 fully saturated rings. The summed E-state index contributed by atoms with van der Waals surface area (Å²) in [4.78, 5) is 27.9. The van der Waals surface area contributed by atoms with Gasteiger partial charge in [0.15, 0.2) is 12.4 Å². The van der Waals surface area contributed by atoms with Crippen molar-refractivity contribution < 1.29 is 28.3 Å². The van der Waals surface area contributed by atoms with Crippen LogP contribution < -0.4 is 9.47 Å². The van der Waals surface area contributed by atoms with Crippen LogP contribution in [0.15, 0.2) is 47.0 Å². The summed E-state index contributed by atoms with van der Waals surface area (Å²) in [5, 5.41) is 3.74. The Morgan fingerprint density at radius 1 is 1.03 bits per heavy atom. The number of carbonyl (C=O) groups excluding carboxylic acids is 2. The summed E-state index contributed by atoms with van der Waals surface area (Å²) in [5.74, 6) is 1.43. The first-order valence-electron chi connectivity index (χ1n) is 8.83. The highest BCUT2D eigenvalue weighted by Gasteiger charge is 2.12. The van der Waals surface area contributed by atoms with Crippen molar-refractivity contribution in [3.05, 3.63) is 70.9 Å². The second kappa shape index (κ2) is 9.01. The highest BCUT2D eigenvalue weighted by Crippen LogP contribution is 2.22. The van der Waals surface area contributed by atoms with Crippen molar-refractivity contribution in [2.75, 3.05) is 7.11 Å².